The summed E-state index contributed by atoms with van der Waals surface area (Å²) in [6.45, 7) is 10.7. The average Bonchev–Trinajstić information content (AvgIpc) is 3.43. The summed E-state index contributed by atoms with van der Waals surface area (Å²) in [4.78, 5) is 43.2. The SMILES string of the molecule is CCCc1cc2c(OC)c3c(c(OC(=O)OC(C)(C)C)c2c(=O)n1C)-c1c(c(OC)c2oc4c(c(=O)c2c1OC)[C@@H]1OC(C)(C)O[C@@H]1C[C@H]4OCOC)CC3. The molecule has 0 radical (unpaired) electrons. The van der Waals surface area contributed by atoms with Crippen molar-refractivity contribution in [1.82, 2.24) is 4.57 Å². The molecule has 0 spiro atoms. The van der Waals surface area contributed by atoms with E-state index in [2.05, 4.69) is 0 Å². The molecular weight excluding hydrogens is 714 g/mol. The molecule has 296 valence electrons. The first-order valence-corrected chi connectivity index (χ1v) is 18.5. The molecule has 7 rings (SSSR count). The van der Waals surface area contributed by atoms with E-state index < -0.39 is 46.8 Å². The highest BCUT2D eigenvalue weighted by molar-refractivity contribution is 6.08. The maximum absolute atomic E-state index is 15.1. The van der Waals surface area contributed by atoms with Gasteiger partial charge in [0.05, 0.1) is 38.4 Å². The van der Waals surface area contributed by atoms with E-state index in [9.17, 15) is 9.59 Å². The van der Waals surface area contributed by atoms with E-state index in [1.54, 1.807) is 53.3 Å². The maximum atomic E-state index is 15.1. The molecule has 55 heavy (non-hydrogen) atoms. The van der Waals surface area contributed by atoms with Crippen molar-refractivity contribution in [1.29, 1.82) is 0 Å². The molecule has 1 fully saturated rings. The Balaban J connectivity index is 1.62. The molecule has 2 aromatic carbocycles. The van der Waals surface area contributed by atoms with Crippen LogP contribution in [0.3, 0.4) is 0 Å². The smallest absolute Gasteiger partial charge is 0.496 e. The van der Waals surface area contributed by atoms with E-state index in [1.807, 2.05) is 13.0 Å². The van der Waals surface area contributed by atoms with Crippen LogP contribution >= 0.6 is 0 Å². The van der Waals surface area contributed by atoms with Gasteiger partial charge < -0.3 is 51.6 Å². The van der Waals surface area contributed by atoms with Gasteiger partial charge in [-0.15, -0.1) is 0 Å². The third-order valence-corrected chi connectivity index (χ3v) is 10.4. The second kappa shape index (κ2) is 14.1. The Morgan fingerprint density at radius 3 is 2.20 bits per heavy atom. The quantitative estimate of drug-likeness (QED) is 0.0982. The van der Waals surface area contributed by atoms with E-state index in [0.29, 0.717) is 59.1 Å². The molecule has 0 saturated carbocycles. The van der Waals surface area contributed by atoms with Crippen LogP contribution in [0.4, 0.5) is 4.79 Å². The second-order valence-corrected chi connectivity index (χ2v) is 15.5. The molecule has 0 amide bonds. The number of ether oxygens (including phenoxy) is 9. The Kier molecular flexibility index (Phi) is 9.94. The molecule has 14 heteroatoms. The number of benzene rings is 2. The van der Waals surface area contributed by atoms with Crippen LogP contribution in [0.15, 0.2) is 20.1 Å². The molecule has 0 bridgehead atoms. The van der Waals surface area contributed by atoms with E-state index in [1.165, 1.54) is 21.3 Å². The zero-order valence-electron chi connectivity index (χ0n) is 33.3. The maximum Gasteiger partial charge on any atom is 0.514 e. The monoisotopic (exact) mass is 763 g/mol. The molecule has 1 aliphatic heterocycles. The Morgan fingerprint density at radius 1 is 0.927 bits per heavy atom. The number of rotatable bonds is 9. The summed E-state index contributed by atoms with van der Waals surface area (Å²) in [5.74, 6) is 0.0977. The zero-order valence-corrected chi connectivity index (χ0v) is 33.3. The fourth-order valence-electron chi connectivity index (χ4n) is 8.36. The number of hydrogen-bond acceptors (Lipinski definition) is 13. The molecular formula is C41H49NO13. The van der Waals surface area contributed by atoms with Gasteiger partial charge in [0.1, 0.15) is 47.2 Å². The number of hydrogen-bond donors (Lipinski definition) is 0. The van der Waals surface area contributed by atoms with Crippen molar-refractivity contribution in [2.75, 3.05) is 35.2 Å². The number of carbonyl (C=O) groups excluding carboxylic acids is 1. The lowest BCUT2D eigenvalue weighted by Gasteiger charge is -2.32. The van der Waals surface area contributed by atoms with Gasteiger partial charge in [0, 0.05) is 53.9 Å². The van der Waals surface area contributed by atoms with Gasteiger partial charge in [0.2, 0.25) is 5.43 Å². The van der Waals surface area contributed by atoms with Crippen molar-refractivity contribution in [2.24, 2.45) is 7.05 Å². The number of nitrogens with zero attached hydrogens (tertiary/aromatic N) is 1. The van der Waals surface area contributed by atoms with Crippen LogP contribution in [0.25, 0.3) is 32.9 Å². The molecule has 3 heterocycles. The zero-order chi connectivity index (χ0) is 39.7. The molecule has 3 atom stereocenters. The van der Waals surface area contributed by atoms with Crippen molar-refractivity contribution < 1.29 is 51.8 Å². The summed E-state index contributed by atoms with van der Waals surface area (Å²) in [7, 11) is 7.67. The predicted molar refractivity (Wildman–Crippen MR) is 202 cm³/mol. The highest BCUT2D eigenvalue weighted by atomic mass is 16.8. The largest absolute Gasteiger partial charge is 0.514 e. The van der Waals surface area contributed by atoms with Crippen molar-refractivity contribution >= 4 is 27.9 Å². The number of pyridine rings is 1. The Bertz CT molecular complexity index is 2330. The van der Waals surface area contributed by atoms with Crippen LogP contribution < -0.4 is 29.9 Å². The first-order valence-electron chi connectivity index (χ1n) is 18.5. The third-order valence-electron chi connectivity index (χ3n) is 10.4. The van der Waals surface area contributed by atoms with Gasteiger partial charge in [-0.3, -0.25) is 9.59 Å². The first-order chi connectivity index (χ1) is 26.1. The summed E-state index contributed by atoms with van der Waals surface area (Å²) >= 11 is 0. The van der Waals surface area contributed by atoms with E-state index in [0.717, 1.165) is 12.1 Å². The number of fused-ring (bicyclic) bond motifs is 8. The number of aryl methyl sites for hydroxylation is 1. The molecule has 0 unspecified atom stereocenters. The van der Waals surface area contributed by atoms with Gasteiger partial charge in [-0.25, -0.2) is 4.79 Å². The summed E-state index contributed by atoms with van der Waals surface area (Å²) < 4.78 is 62.3. The third kappa shape index (κ3) is 6.32. The summed E-state index contributed by atoms with van der Waals surface area (Å²) in [6, 6.07) is 1.90. The number of carbonyl (C=O) groups is 1. The van der Waals surface area contributed by atoms with Crippen LogP contribution in [0.1, 0.15) is 94.7 Å². The Labute approximate surface area is 318 Å². The minimum atomic E-state index is -1.01. The second-order valence-electron chi connectivity index (χ2n) is 15.5. The average molecular weight is 764 g/mol. The summed E-state index contributed by atoms with van der Waals surface area (Å²) in [5.41, 5.74) is 1.42. The lowest BCUT2D eigenvalue weighted by molar-refractivity contribution is -0.150. The van der Waals surface area contributed by atoms with Crippen molar-refractivity contribution in [3.8, 4) is 34.1 Å². The molecule has 1 saturated heterocycles. The predicted octanol–water partition coefficient (Wildman–Crippen LogP) is 6.96. The fourth-order valence-corrected chi connectivity index (χ4v) is 8.36. The summed E-state index contributed by atoms with van der Waals surface area (Å²) in [5, 5.41) is 0.664. The van der Waals surface area contributed by atoms with Crippen LogP contribution in [-0.2, 0) is 50.0 Å². The van der Waals surface area contributed by atoms with Crippen LogP contribution in [-0.4, -0.2) is 63.4 Å². The highest BCUT2D eigenvalue weighted by Crippen LogP contribution is 2.57. The lowest BCUT2D eigenvalue weighted by atomic mass is 9.80. The lowest BCUT2D eigenvalue weighted by Crippen LogP contribution is -2.32. The van der Waals surface area contributed by atoms with Crippen molar-refractivity contribution in [3.63, 3.8) is 0 Å². The van der Waals surface area contributed by atoms with E-state index in [4.69, 9.17) is 47.0 Å². The Hall–Kier alpha value is -4.63. The Morgan fingerprint density at radius 2 is 1.58 bits per heavy atom. The normalized spacial score (nSPS) is 19.7. The first kappa shape index (κ1) is 38.6. The van der Waals surface area contributed by atoms with Crippen molar-refractivity contribution in [3.05, 3.63) is 54.8 Å². The molecule has 2 aliphatic carbocycles. The van der Waals surface area contributed by atoms with E-state index in [-0.39, 0.29) is 51.7 Å². The van der Waals surface area contributed by atoms with Gasteiger partial charge in [0.15, 0.2) is 22.9 Å². The minimum Gasteiger partial charge on any atom is -0.496 e. The van der Waals surface area contributed by atoms with Crippen molar-refractivity contribution in [2.45, 2.75) is 103 Å². The fraction of sp³-hybridized carbons (Fsp3) is 0.537. The van der Waals surface area contributed by atoms with Crippen LogP contribution in [0.5, 0.6) is 23.0 Å². The molecule has 0 N–H and O–H groups in total. The van der Waals surface area contributed by atoms with Crippen LogP contribution in [0, 0.1) is 0 Å². The molecule has 3 aliphatic rings. The standard InChI is InChI=1S/C41H49NO13/c1-12-13-19-16-22-27(38(44)42(19)7)36(52-39(45)55-40(2,3)4)26-20(31(22)47-9)14-15-21-25(26)35(49-11)29-30(43)28-33(51-37(29)32(21)48-10)23(50-18-46-8)17-24-34(28)54-41(5,6)53-24/h16,23-24,34H,12-15,17-18H2,1-11H3/t23-,24-,34-/m1/s1. The molecule has 4 aromatic rings. The molecule has 14 nitrogen and oxygen atoms in total. The van der Waals surface area contributed by atoms with Gasteiger partial charge in [-0.05, 0) is 59.9 Å². The molecule has 2 aromatic heterocycles. The minimum absolute atomic E-state index is 0.0472. The van der Waals surface area contributed by atoms with Gasteiger partial charge in [-0.1, -0.05) is 13.3 Å². The highest BCUT2D eigenvalue weighted by Gasteiger charge is 2.51. The number of aromatic nitrogens is 1. The number of methoxy groups -OCH3 is 4. The van der Waals surface area contributed by atoms with E-state index >= 15 is 4.79 Å². The van der Waals surface area contributed by atoms with Gasteiger partial charge in [0.25, 0.3) is 5.56 Å². The van der Waals surface area contributed by atoms with Crippen LogP contribution in [0.2, 0.25) is 0 Å². The van der Waals surface area contributed by atoms with Gasteiger partial charge in [-0.2, -0.15) is 0 Å². The summed E-state index contributed by atoms with van der Waals surface area (Å²) in [6.07, 6.45) is -0.450. The van der Waals surface area contributed by atoms with Gasteiger partial charge >= 0.3 is 6.16 Å². The topological polar surface area (TPSA) is 152 Å².